The third-order valence-electron chi connectivity index (χ3n) is 6.68. The van der Waals surface area contributed by atoms with E-state index < -0.39 is 11.7 Å². The minimum Gasteiger partial charge on any atom is -0.382 e. The van der Waals surface area contributed by atoms with E-state index in [1.165, 1.54) is 30.5 Å². The average Bonchev–Trinajstić information content (AvgIpc) is 2.89. The summed E-state index contributed by atoms with van der Waals surface area (Å²) in [5.41, 5.74) is 3.56. The highest BCUT2D eigenvalue weighted by atomic mass is 19.4. The molecule has 1 aliphatic heterocycles. The van der Waals surface area contributed by atoms with Gasteiger partial charge in [0.1, 0.15) is 0 Å². The molecule has 0 aromatic heterocycles. The molecule has 2 aromatic carbocycles. The quantitative estimate of drug-likeness (QED) is 0.259. The van der Waals surface area contributed by atoms with Crippen molar-refractivity contribution in [3.05, 3.63) is 71.3 Å². The molecule has 2 aromatic rings. The first-order chi connectivity index (χ1) is 17.4. The van der Waals surface area contributed by atoms with Gasteiger partial charge in [0.15, 0.2) is 0 Å². The van der Waals surface area contributed by atoms with Gasteiger partial charge in [0, 0.05) is 17.9 Å². The van der Waals surface area contributed by atoms with Gasteiger partial charge >= 0.3 is 6.18 Å². The van der Waals surface area contributed by atoms with Crippen LogP contribution >= 0.6 is 0 Å². The second-order valence-electron chi connectivity index (χ2n) is 9.66. The van der Waals surface area contributed by atoms with E-state index in [9.17, 15) is 13.2 Å². The summed E-state index contributed by atoms with van der Waals surface area (Å²) in [6.45, 7) is 6.48. The summed E-state index contributed by atoms with van der Waals surface area (Å²) in [5.74, 6) is 0. The van der Waals surface area contributed by atoms with Crippen LogP contribution in [0.4, 0.5) is 18.9 Å². The normalized spacial score (nSPS) is 16.6. The minimum absolute atomic E-state index is 0.215. The van der Waals surface area contributed by atoms with Gasteiger partial charge in [0.25, 0.3) is 0 Å². The molecular formula is C30H40F3N3. The molecule has 0 bridgehead atoms. The van der Waals surface area contributed by atoms with E-state index in [0.717, 1.165) is 80.6 Å². The Morgan fingerprint density at radius 1 is 0.944 bits per heavy atom. The Morgan fingerprint density at radius 3 is 2.31 bits per heavy atom. The minimum atomic E-state index is -4.31. The monoisotopic (exact) mass is 499 g/mol. The number of nitrogens with zero attached hydrogens (tertiary/aromatic N) is 1. The predicted octanol–water partition coefficient (Wildman–Crippen LogP) is 7.93. The molecule has 3 rings (SSSR count). The molecular weight excluding hydrogens is 459 g/mol. The van der Waals surface area contributed by atoms with E-state index in [-0.39, 0.29) is 6.04 Å². The largest absolute Gasteiger partial charge is 0.416 e. The Balaban J connectivity index is 1.49. The molecule has 2 atom stereocenters. The summed E-state index contributed by atoms with van der Waals surface area (Å²) < 4.78 is 38.4. The van der Waals surface area contributed by atoms with Gasteiger partial charge < -0.3 is 10.6 Å². The summed E-state index contributed by atoms with van der Waals surface area (Å²) >= 11 is 0. The Hall–Kier alpha value is -2.60. The number of hydrogen-bond donors (Lipinski definition) is 2. The molecule has 0 saturated heterocycles. The van der Waals surface area contributed by atoms with Crippen LogP contribution in [0.2, 0.25) is 0 Å². The third kappa shape index (κ3) is 9.12. The van der Waals surface area contributed by atoms with Crippen LogP contribution in [0.1, 0.15) is 75.5 Å². The Labute approximate surface area is 214 Å². The number of alkyl halides is 3. The van der Waals surface area contributed by atoms with E-state index >= 15 is 0 Å². The smallest absolute Gasteiger partial charge is 0.382 e. The SMILES string of the molecule is CCCCC(CCC1CC=C(c2ccc(C(F)(F)F)cc2)C=N1)Nc1ccc(CCNCCC)cc1. The fourth-order valence-electron chi connectivity index (χ4n) is 4.47. The number of halogens is 3. The highest BCUT2D eigenvalue weighted by molar-refractivity contribution is 6.10. The van der Waals surface area contributed by atoms with Crippen molar-refractivity contribution in [2.45, 2.75) is 83.5 Å². The maximum atomic E-state index is 12.8. The van der Waals surface area contributed by atoms with Gasteiger partial charge in [0.2, 0.25) is 0 Å². The van der Waals surface area contributed by atoms with Gasteiger partial charge in [0.05, 0.1) is 11.6 Å². The lowest BCUT2D eigenvalue weighted by Gasteiger charge is -2.23. The van der Waals surface area contributed by atoms with Crippen molar-refractivity contribution >= 4 is 17.5 Å². The standard InChI is InChI=1S/C30H40F3N3/c1-3-5-6-28(36-29-14-7-23(8-15-29)19-21-34-20-4-2)18-17-27-16-11-25(22-35-27)24-9-12-26(13-10-24)30(31,32)33/h7-15,22,27-28,34,36H,3-6,16-21H2,1-2H3. The van der Waals surface area contributed by atoms with Crippen LogP contribution in [0, 0.1) is 0 Å². The molecule has 2 unspecified atom stereocenters. The number of rotatable bonds is 14. The zero-order valence-electron chi connectivity index (χ0n) is 21.6. The van der Waals surface area contributed by atoms with Gasteiger partial charge in [-0.2, -0.15) is 13.2 Å². The zero-order valence-corrected chi connectivity index (χ0v) is 21.6. The van der Waals surface area contributed by atoms with Gasteiger partial charge in [-0.25, -0.2) is 0 Å². The number of aliphatic imine (C=N–C) groups is 1. The van der Waals surface area contributed by atoms with Crippen molar-refractivity contribution in [2.75, 3.05) is 18.4 Å². The predicted molar refractivity (Wildman–Crippen MR) is 146 cm³/mol. The molecule has 0 fully saturated rings. The van der Waals surface area contributed by atoms with Crippen molar-refractivity contribution in [2.24, 2.45) is 4.99 Å². The number of nitrogens with one attached hydrogen (secondary N) is 2. The summed E-state index contributed by atoms with van der Waals surface area (Å²) in [5, 5.41) is 7.18. The number of unbranched alkanes of at least 4 members (excludes halogenated alkanes) is 1. The lowest BCUT2D eigenvalue weighted by molar-refractivity contribution is -0.137. The second kappa shape index (κ2) is 14.2. The molecule has 1 aliphatic rings. The van der Waals surface area contributed by atoms with Gasteiger partial charge in [-0.1, -0.05) is 57.0 Å². The zero-order chi connectivity index (χ0) is 25.8. The first-order valence-corrected chi connectivity index (χ1v) is 13.4. The van der Waals surface area contributed by atoms with E-state index in [1.54, 1.807) is 0 Å². The van der Waals surface area contributed by atoms with E-state index in [1.807, 2.05) is 6.21 Å². The Kier molecular flexibility index (Phi) is 11.1. The average molecular weight is 500 g/mol. The fourth-order valence-corrected chi connectivity index (χ4v) is 4.47. The van der Waals surface area contributed by atoms with Crippen LogP contribution in [0.25, 0.3) is 5.57 Å². The van der Waals surface area contributed by atoms with Crippen LogP contribution < -0.4 is 10.6 Å². The molecule has 0 spiro atoms. The fraction of sp³-hybridized carbons (Fsp3) is 0.500. The lowest BCUT2D eigenvalue weighted by atomic mass is 9.95. The van der Waals surface area contributed by atoms with Crippen LogP contribution in [0.5, 0.6) is 0 Å². The Morgan fingerprint density at radius 2 is 1.69 bits per heavy atom. The molecule has 0 saturated carbocycles. The summed E-state index contributed by atoms with van der Waals surface area (Å²) in [6, 6.07) is 14.7. The maximum absolute atomic E-state index is 12.8. The van der Waals surface area contributed by atoms with Crippen molar-refractivity contribution < 1.29 is 13.2 Å². The molecule has 2 N–H and O–H groups in total. The highest BCUT2D eigenvalue weighted by Crippen LogP contribution is 2.30. The molecule has 0 aliphatic carbocycles. The van der Waals surface area contributed by atoms with Crippen LogP contribution in [0.15, 0.2) is 59.6 Å². The van der Waals surface area contributed by atoms with E-state index in [4.69, 9.17) is 4.99 Å². The molecule has 0 amide bonds. The number of allylic oxidation sites excluding steroid dienone is 1. The highest BCUT2D eigenvalue weighted by Gasteiger charge is 2.30. The molecule has 0 radical (unpaired) electrons. The lowest BCUT2D eigenvalue weighted by Crippen LogP contribution is -2.22. The summed E-state index contributed by atoms with van der Waals surface area (Å²) in [4.78, 5) is 4.72. The first kappa shape index (κ1) is 28.0. The van der Waals surface area contributed by atoms with Crippen molar-refractivity contribution in [1.82, 2.24) is 5.32 Å². The van der Waals surface area contributed by atoms with Crippen molar-refractivity contribution in [3.8, 4) is 0 Å². The van der Waals surface area contributed by atoms with Gasteiger partial charge in [-0.15, -0.1) is 0 Å². The molecule has 1 heterocycles. The van der Waals surface area contributed by atoms with Crippen molar-refractivity contribution in [3.63, 3.8) is 0 Å². The molecule has 36 heavy (non-hydrogen) atoms. The molecule has 6 heteroatoms. The number of anilines is 1. The van der Waals surface area contributed by atoms with Crippen LogP contribution in [-0.4, -0.2) is 31.4 Å². The topological polar surface area (TPSA) is 36.4 Å². The summed E-state index contributed by atoms with van der Waals surface area (Å²) in [6.07, 6.45) is 8.12. The maximum Gasteiger partial charge on any atom is 0.416 e. The Bertz CT molecular complexity index is 962. The van der Waals surface area contributed by atoms with Crippen LogP contribution in [0.3, 0.4) is 0 Å². The number of dihydropyridines is 1. The van der Waals surface area contributed by atoms with E-state index in [2.05, 4.69) is 54.8 Å². The third-order valence-corrected chi connectivity index (χ3v) is 6.68. The summed E-state index contributed by atoms with van der Waals surface area (Å²) in [7, 11) is 0. The van der Waals surface area contributed by atoms with Crippen molar-refractivity contribution in [1.29, 1.82) is 0 Å². The second-order valence-corrected chi connectivity index (χ2v) is 9.66. The first-order valence-electron chi connectivity index (χ1n) is 13.4. The van der Waals surface area contributed by atoms with Gasteiger partial charge in [-0.05, 0) is 92.6 Å². The molecule has 196 valence electrons. The molecule has 3 nitrogen and oxygen atoms in total. The number of benzene rings is 2. The van der Waals surface area contributed by atoms with Crippen LogP contribution in [-0.2, 0) is 12.6 Å². The number of hydrogen-bond acceptors (Lipinski definition) is 3. The van der Waals surface area contributed by atoms with Gasteiger partial charge in [-0.3, -0.25) is 4.99 Å². The van der Waals surface area contributed by atoms with E-state index in [0.29, 0.717) is 6.04 Å².